The fourth-order valence-corrected chi connectivity index (χ4v) is 2.26. The number of rotatable bonds is 9. The van der Waals surface area contributed by atoms with E-state index in [2.05, 4.69) is 18.7 Å². The lowest BCUT2D eigenvalue weighted by Gasteiger charge is -2.25. The summed E-state index contributed by atoms with van der Waals surface area (Å²) in [5.41, 5.74) is 1.07. The molecule has 118 valence electrons. The van der Waals surface area contributed by atoms with Crippen molar-refractivity contribution in [2.24, 2.45) is 0 Å². The number of benzene rings is 1. The summed E-state index contributed by atoms with van der Waals surface area (Å²) in [5.74, 6) is 0.904. The molecule has 0 aromatic heterocycles. The van der Waals surface area contributed by atoms with Gasteiger partial charge in [0, 0.05) is 6.04 Å². The highest BCUT2D eigenvalue weighted by atomic mass is 16.5. The van der Waals surface area contributed by atoms with E-state index in [1.807, 2.05) is 50.5 Å². The lowest BCUT2D eigenvalue weighted by molar-refractivity contribution is 0.110. The number of unbranched alkanes of at least 4 members (excludes halogenated alkanes) is 1. The van der Waals surface area contributed by atoms with E-state index in [0.29, 0.717) is 0 Å². The SMILES string of the molecule is CCCCOc1ccc(/C=C/[C@H](O)[C@@H](CC)N(C)C)cc1. The van der Waals surface area contributed by atoms with Crippen molar-refractivity contribution in [2.45, 2.75) is 45.3 Å². The van der Waals surface area contributed by atoms with Crippen LogP contribution >= 0.6 is 0 Å². The summed E-state index contributed by atoms with van der Waals surface area (Å²) in [5, 5.41) is 10.2. The molecule has 0 saturated heterocycles. The number of aliphatic hydroxyl groups is 1. The highest BCUT2D eigenvalue weighted by molar-refractivity contribution is 5.51. The number of hydrogen-bond acceptors (Lipinski definition) is 3. The average molecular weight is 291 g/mol. The topological polar surface area (TPSA) is 32.7 Å². The van der Waals surface area contributed by atoms with Gasteiger partial charge in [0.05, 0.1) is 12.7 Å². The second-order valence-corrected chi connectivity index (χ2v) is 5.56. The second kappa shape index (κ2) is 9.59. The smallest absolute Gasteiger partial charge is 0.119 e. The van der Waals surface area contributed by atoms with Crippen LogP contribution in [0.4, 0.5) is 0 Å². The van der Waals surface area contributed by atoms with Gasteiger partial charge in [0.15, 0.2) is 0 Å². The quantitative estimate of drug-likeness (QED) is 0.706. The molecule has 0 aliphatic rings. The minimum atomic E-state index is -0.453. The first kappa shape index (κ1) is 17.7. The highest BCUT2D eigenvalue weighted by Crippen LogP contribution is 2.15. The molecule has 0 bridgehead atoms. The highest BCUT2D eigenvalue weighted by Gasteiger charge is 2.16. The Balaban J connectivity index is 2.56. The molecule has 0 radical (unpaired) electrons. The molecule has 1 aromatic carbocycles. The second-order valence-electron chi connectivity index (χ2n) is 5.56. The third-order valence-corrected chi connectivity index (χ3v) is 3.61. The van der Waals surface area contributed by atoms with Gasteiger partial charge in [-0.2, -0.15) is 0 Å². The van der Waals surface area contributed by atoms with Crippen LogP contribution in [0.25, 0.3) is 6.08 Å². The molecule has 21 heavy (non-hydrogen) atoms. The molecule has 3 heteroatoms. The molecule has 0 fully saturated rings. The minimum absolute atomic E-state index is 0.151. The molecule has 0 saturated carbocycles. The number of aliphatic hydroxyl groups excluding tert-OH is 1. The number of nitrogens with zero attached hydrogens (tertiary/aromatic N) is 1. The Morgan fingerprint density at radius 1 is 1.19 bits per heavy atom. The summed E-state index contributed by atoms with van der Waals surface area (Å²) in [6.45, 7) is 5.01. The normalized spacial score (nSPS) is 14.6. The summed E-state index contributed by atoms with van der Waals surface area (Å²) in [4.78, 5) is 2.06. The Bertz CT molecular complexity index is 412. The van der Waals surface area contributed by atoms with Crippen LogP contribution in [0.1, 0.15) is 38.7 Å². The average Bonchev–Trinajstić information content (AvgIpc) is 2.47. The van der Waals surface area contributed by atoms with Gasteiger partial charge in [0.25, 0.3) is 0 Å². The standard InChI is InChI=1S/C18H29NO2/c1-5-7-14-21-16-11-8-15(9-12-16)10-13-18(20)17(6-2)19(3)4/h8-13,17-18,20H,5-7,14H2,1-4H3/b13-10+/t17-,18+/m1/s1. The van der Waals surface area contributed by atoms with Gasteiger partial charge in [-0.05, 0) is 44.6 Å². The van der Waals surface area contributed by atoms with E-state index in [1.165, 1.54) is 0 Å². The fraction of sp³-hybridized carbons (Fsp3) is 0.556. The molecule has 0 amide bonds. The summed E-state index contributed by atoms with van der Waals surface area (Å²) < 4.78 is 5.63. The minimum Gasteiger partial charge on any atom is -0.494 e. The molecular weight excluding hydrogens is 262 g/mol. The predicted molar refractivity (Wildman–Crippen MR) is 89.7 cm³/mol. The number of likely N-dealkylation sites (N-methyl/N-ethyl adjacent to an activating group) is 1. The van der Waals surface area contributed by atoms with Crippen LogP contribution in [-0.2, 0) is 0 Å². The molecule has 3 nitrogen and oxygen atoms in total. The molecule has 1 N–H and O–H groups in total. The van der Waals surface area contributed by atoms with Crippen LogP contribution in [0.5, 0.6) is 5.75 Å². The summed E-state index contributed by atoms with van der Waals surface area (Å²) >= 11 is 0. The molecule has 0 unspecified atom stereocenters. The van der Waals surface area contributed by atoms with Gasteiger partial charge in [-0.25, -0.2) is 0 Å². The van der Waals surface area contributed by atoms with E-state index < -0.39 is 6.10 Å². The van der Waals surface area contributed by atoms with Gasteiger partial charge in [-0.1, -0.05) is 44.6 Å². The van der Waals surface area contributed by atoms with Crippen molar-refractivity contribution in [2.75, 3.05) is 20.7 Å². The van der Waals surface area contributed by atoms with Crippen molar-refractivity contribution >= 4 is 6.08 Å². The van der Waals surface area contributed by atoms with Gasteiger partial charge in [-0.3, -0.25) is 0 Å². The maximum absolute atomic E-state index is 10.2. The number of ether oxygens (including phenoxy) is 1. The van der Waals surface area contributed by atoms with Crippen LogP contribution in [-0.4, -0.2) is 42.9 Å². The Kier molecular flexibility index (Phi) is 8.09. The molecule has 1 aromatic rings. The largest absolute Gasteiger partial charge is 0.494 e. The lowest BCUT2D eigenvalue weighted by atomic mass is 10.1. The zero-order chi connectivity index (χ0) is 15.7. The molecule has 0 spiro atoms. The van der Waals surface area contributed by atoms with Gasteiger partial charge in [0.1, 0.15) is 5.75 Å². The van der Waals surface area contributed by atoms with E-state index in [4.69, 9.17) is 4.74 Å². The first-order valence-electron chi connectivity index (χ1n) is 7.84. The summed E-state index contributed by atoms with van der Waals surface area (Å²) in [7, 11) is 3.99. The van der Waals surface area contributed by atoms with Crippen LogP contribution in [0.15, 0.2) is 30.3 Å². The van der Waals surface area contributed by atoms with E-state index >= 15 is 0 Å². The van der Waals surface area contributed by atoms with Crippen molar-refractivity contribution in [3.8, 4) is 5.75 Å². The number of hydrogen-bond donors (Lipinski definition) is 1. The van der Waals surface area contributed by atoms with Gasteiger partial charge >= 0.3 is 0 Å². The Morgan fingerprint density at radius 3 is 2.38 bits per heavy atom. The Morgan fingerprint density at radius 2 is 1.86 bits per heavy atom. The lowest BCUT2D eigenvalue weighted by Crippen LogP contribution is -2.37. The van der Waals surface area contributed by atoms with Crippen LogP contribution in [0, 0.1) is 0 Å². The monoisotopic (exact) mass is 291 g/mol. The molecule has 1 rings (SSSR count). The molecule has 0 heterocycles. The zero-order valence-electron chi connectivity index (χ0n) is 13.7. The zero-order valence-corrected chi connectivity index (χ0v) is 13.7. The van der Waals surface area contributed by atoms with Gasteiger partial charge in [0.2, 0.25) is 0 Å². The first-order valence-corrected chi connectivity index (χ1v) is 7.84. The van der Waals surface area contributed by atoms with Crippen molar-refractivity contribution in [1.29, 1.82) is 0 Å². The Labute approximate surface area is 129 Å². The van der Waals surface area contributed by atoms with Crippen LogP contribution in [0.3, 0.4) is 0 Å². The van der Waals surface area contributed by atoms with Crippen molar-refractivity contribution in [1.82, 2.24) is 4.90 Å². The van der Waals surface area contributed by atoms with Gasteiger partial charge < -0.3 is 14.7 Å². The maximum Gasteiger partial charge on any atom is 0.119 e. The van der Waals surface area contributed by atoms with Crippen molar-refractivity contribution in [3.05, 3.63) is 35.9 Å². The third kappa shape index (κ3) is 6.32. The maximum atomic E-state index is 10.2. The first-order chi connectivity index (χ1) is 10.1. The Hall–Kier alpha value is -1.32. The van der Waals surface area contributed by atoms with Gasteiger partial charge in [-0.15, -0.1) is 0 Å². The van der Waals surface area contributed by atoms with Crippen molar-refractivity contribution < 1.29 is 9.84 Å². The molecule has 2 atom stereocenters. The molecular formula is C18H29NO2. The fourth-order valence-electron chi connectivity index (χ4n) is 2.26. The summed E-state index contributed by atoms with van der Waals surface area (Å²) in [6.07, 6.45) is 6.52. The van der Waals surface area contributed by atoms with Crippen LogP contribution in [0.2, 0.25) is 0 Å². The molecule has 0 aliphatic carbocycles. The summed E-state index contributed by atoms with van der Waals surface area (Å²) in [6, 6.07) is 8.14. The van der Waals surface area contributed by atoms with Crippen LogP contribution < -0.4 is 4.74 Å². The van der Waals surface area contributed by atoms with E-state index in [9.17, 15) is 5.11 Å². The van der Waals surface area contributed by atoms with E-state index in [1.54, 1.807) is 0 Å². The molecule has 0 aliphatic heterocycles. The van der Waals surface area contributed by atoms with E-state index in [0.717, 1.165) is 37.2 Å². The van der Waals surface area contributed by atoms with Crippen molar-refractivity contribution in [3.63, 3.8) is 0 Å². The van der Waals surface area contributed by atoms with E-state index in [-0.39, 0.29) is 6.04 Å². The third-order valence-electron chi connectivity index (χ3n) is 3.61. The predicted octanol–water partition coefficient (Wildman–Crippen LogP) is 3.58.